The highest BCUT2D eigenvalue weighted by Gasteiger charge is 2.51. The Bertz CT molecular complexity index is 241. The highest BCUT2D eigenvalue weighted by Crippen LogP contribution is 2.20. The summed E-state index contributed by atoms with van der Waals surface area (Å²) >= 11 is 0. The van der Waals surface area contributed by atoms with Gasteiger partial charge in [0.2, 0.25) is 0 Å². The Kier molecular flexibility index (Phi) is 5.16. The van der Waals surface area contributed by atoms with Gasteiger partial charge in [-0.25, -0.2) is 4.79 Å². The summed E-state index contributed by atoms with van der Waals surface area (Å²) in [4.78, 5) is 21.1. The third-order valence-corrected chi connectivity index (χ3v) is 2.15. The van der Waals surface area contributed by atoms with E-state index >= 15 is 0 Å². The normalized spacial score (nSPS) is 16.5. The molecule has 88 valence electrons. The van der Waals surface area contributed by atoms with Crippen molar-refractivity contribution >= 4 is 5.97 Å². The number of hydrogen-bond donors (Lipinski definition) is 2. The SMILES string of the molecule is COC(=O)C(CO)(CCC(C)O)[N+](=O)[O-]. The van der Waals surface area contributed by atoms with E-state index in [0.717, 1.165) is 7.11 Å². The summed E-state index contributed by atoms with van der Waals surface area (Å²) in [6, 6.07) is 0. The van der Waals surface area contributed by atoms with Gasteiger partial charge in [0, 0.05) is 11.3 Å². The van der Waals surface area contributed by atoms with E-state index in [0.29, 0.717) is 0 Å². The number of esters is 1. The second-order valence-corrected chi connectivity index (χ2v) is 3.33. The van der Waals surface area contributed by atoms with Crippen LogP contribution in [0.25, 0.3) is 0 Å². The molecule has 0 radical (unpaired) electrons. The maximum absolute atomic E-state index is 11.2. The first-order valence-corrected chi connectivity index (χ1v) is 4.42. The number of carbonyl (C=O) groups is 1. The van der Waals surface area contributed by atoms with Gasteiger partial charge in [-0.05, 0) is 13.3 Å². The van der Waals surface area contributed by atoms with Crippen LogP contribution in [0.1, 0.15) is 19.8 Å². The number of ether oxygens (including phenoxy) is 1. The summed E-state index contributed by atoms with van der Waals surface area (Å²) in [5, 5.41) is 28.7. The van der Waals surface area contributed by atoms with Crippen molar-refractivity contribution < 1.29 is 24.7 Å². The van der Waals surface area contributed by atoms with Crippen LogP contribution in [0.5, 0.6) is 0 Å². The second-order valence-electron chi connectivity index (χ2n) is 3.33. The lowest BCUT2D eigenvalue weighted by molar-refractivity contribution is -0.560. The van der Waals surface area contributed by atoms with Gasteiger partial charge in [0.15, 0.2) is 0 Å². The predicted octanol–water partition coefficient (Wildman–Crippen LogP) is -0.672. The fourth-order valence-electron chi connectivity index (χ4n) is 1.11. The van der Waals surface area contributed by atoms with E-state index in [1.807, 2.05) is 0 Å². The number of nitro groups is 1. The highest BCUT2D eigenvalue weighted by molar-refractivity contribution is 5.79. The van der Waals surface area contributed by atoms with Crippen LogP contribution in [0.3, 0.4) is 0 Å². The molecule has 0 saturated heterocycles. The molecule has 7 nitrogen and oxygen atoms in total. The van der Waals surface area contributed by atoms with E-state index in [2.05, 4.69) is 4.74 Å². The number of rotatable bonds is 6. The Hall–Kier alpha value is -1.21. The van der Waals surface area contributed by atoms with Gasteiger partial charge in [0.25, 0.3) is 0 Å². The topological polar surface area (TPSA) is 110 Å². The molecule has 2 atom stereocenters. The molecule has 7 heteroatoms. The molecule has 0 amide bonds. The van der Waals surface area contributed by atoms with Gasteiger partial charge in [-0.3, -0.25) is 10.1 Å². The molecular formula is C8H15NO6. The first-order valence-electron chi connectivity index (χ1n) is 4.42. The molecule has 0 aromatic heterocycles. The molecule has 0 spiro atoms. The largest absolute Gasteiger partial charge is 0.464 e. The molecule has 0 aliphatic carbocycles. The Balaban J connectivity index is 4.82. The van der Waals surface area contributed by atoms with E-state index in [1.54, 1.807) is 0 Å². The minimum atomic E-state index is -2.16. The summed E-state index contributed by atoms with van der Waals surface area (Å²) in [6.07, 6.45) is -1.00. The molecule has 0 aliphatic heterocycles. The molecule has 0 saturated carbocycles. The zero-order chi connectivity index (χ0) is 12.1. The van der Waals surface area contributed by atoms with Crippen molar-refractivity contribution in [3.05, 3.63) is 10.1 Å². The zero-order valence-electron chi connectivity index (χ0n) is 8.67. The predicted molar refractivity (Wildman–Crippen MR) is 49.7 cm³/mol. The molecule has 0 bridgehead atoms. The number of hydrogen-bond acceptors (Lipinski definition) is 6. The van der Waals surface area contributed by atoms with Crippen molar-refractivity contribution in [2.45, 2.75) is 31.4 Å². The van der Waals surface area contributed by atoms with Gasteiger partial charge in [-0.2, -0.15) is 0 Å². The lowest BCUT2D eigenvalue weighted by Gasteiger charge is -2.20. The second kappa shape index (κ2) is 5.62. The van der Waals surface area contributed by atoms with E-state index < -0.39 is 29.1 Å². The average Bonchev–Trinajstić information content (AvgIpc) is 2.18. The quantitative estimate of drug-likeness (QED) is 0.349. The fraction of sp³-hybridized carbons (Fsp3) is 0.875. The first kappa shape index (κ1) is 13.8. The number of methoxy groups -OCH3 is 1. The van der Waals surface area contributed by atoms with Crippen molar-refractivity contribution in [2.75, 3.05) is 13.7 Å². The molecule has 0 rings (SSSR count). The minimum Gasteiger partial charge on any atom is -0.464 e. The number of aliphatic hydroxyl groups is 2. The molecule has 2 unspecified atom stereocenters. The van der Waals surface area contributed by atoms with Crippen LogP contribution < -0.4 is 0 Å². The van der Waals surface area contributed by atoms with Gasteiger partial charge >= 0.3 is 11.5 Å². The van der Waals surface area contributed by atoms with E-state index in [1.165, 1.54) is 6.92 Å². The van der Waals surface area contributed by atoms with Crippen LogP contribution in [0.2, 0.25) is 0 Å². The van der Waals surface area contributed by atoms with E-state index in [4.69, 9.17) is 10.2 Å². The standard InChI is InChI=1S/C8H15NO6/c1-6(11)3-4-8(5-10,9(13)14)7(12)15-2/h6,10-11H,3-5H2,1-2H3. The fourth-order valence-corrected chi connectivity index (χ4v) is 1.11. The number of carbonyl (C=O) groups excluding carboxylic acids is 1. The average molecular weight is 221 g/mol. The van der Waals surface area contributed by atoms with E-state index in [-0.39, 0.29) is 12.8 Å². The zero-order valence-corrected chi connectivity index (χ0v) is 8.67. The maximum Gasteiger partial charge on any atom is 0.387 e. The molecule has 0 fully saturated rings. The lowest BCUT2D eigenvalue weighted by Crippen LogP contribution is -2.50. The summed E-state index contributed by atoms with van der Waals surface area (Å²) < 4.78 is 4.28. The van der Waals surface area contributed by atoms with Crippen LogP contribution in [0.4, 0.5) is 0 Å². The van der Waals surface area contributed by atoms with Crippen molar-refractivity contribution in [1.29, 1.82) is 0 Å². The minimum absolute atomic E-state index is 0.0383. The summed E-state index contributed by atoms with van der Waals surface area (Å²) in [5.41, 5.74) is -2.16. The Morgan fingerprint density at radius 2 is 2.20 bits per heavy atom. The molecular weight excluding hydrogens is 206 g/mol. The highest BCUT2D eigenvalue weighted by atomic mass is 16.6. The van der Waals surface area contributed by atoms with Crippen LogP contribution in [0.15, 0.2) is 0 Å². The van der Waals surface area contributed by atoms with Crippen molar-refractivity contribution in [1.82, 2.24) is 0 Å². The number of nitrogens with zero attached hydrogens (tertiary/aromatic N) is 1. The van der Waals surface area contributed by atoms with Crippen LogP contribution >= 0.6 is 0 Å². The Morgan fingerprint density at radius 3 is 2.47 bits per heavy atom. The van der Waals surface area contributed by atoms with Gasteiger partial charge in [0.05, 0.1) is 13.2 Å². The molecule has 2 N–H and O–H groups in total. The van der Waals surface area contributed by atoms with Gasteiger partial charge < -0.3 is 14.9 Å². The summed E-state index contributed by atoms with van der Waals surface area (Å²) in [6.45, 7) is 0.499. The summed E-state index contributed by atoms with van der Waals surface area (Å²) in [7, 11) is 1.01. The summed E-state index contributed by atoms with van der Waals surface area (Å²) in [5.74, 6) is -1.10. The smallest absolute Gasteiger partial charge is 0.387 e. The Labute approximate surface area is 86.8 Å². The van der Waals surface area contributed by atoms with Gasteiger partial charge in [-0.15, -0.1) is 0 Å². The monoisotopic (exact) mass is 221 g/mol. The molecule has 0 heterocycles. The van der Waals surface area contributed by atoms with Gasteiger partial charge in [-0.1, -0.05) is 0 Å². The maximum atomic E-state index is 11.2. The molecule has 0 aliphatic rings. The molecule has 15 heavy (non-hydrogen) atoms. The van der Waals surface area contributed by atoms with E-state index in [9.17, 15) is 14.9 Å². The first-order chi connectivity index (χ1) is 6.90. The van der Waals surface area contributed by atoms with Crippen LogP contribution in [0, 0.1) is 10.1 Å². The number of aliphatic hydroxyl groups excluding tert-OH is 2. The molecule has 0 aromatic carbocycles. The van der Waals surface area contributed by atoms with Crippen LogP contribution in [-0.4, -0.2) is 46.5 Å². The van der Waals surface area contributed by atoms with Crippen molar-refractivity contribution in [3.8, 4) is 0 Å². The van der Waals surface area contributed by atoms with Crippen molar-refractivity contribution in [2.24, 2.45) is 0 Å². The van der Waals surface area contributed by atoms with Crippen molar-refractivity contribution in [3.63, 3.8) is 0 Å². The van der Waals surface area contributed by atoms with Crippen LogP contribution in [-0.2, 0) is 9.53 Å². The third-order valence-electron chi connectivity index (χ3n) is 2.15. The lowest BCUT2D eigenvalue weighted by atomic mass is 9.94. The third kappa shape index (κ3) is 3.14. The Morgan fingerprint density at radius 1 is 1.67 bits per heavy atom. The molecule has 0 aromatic rings. The van der Waals surface area contributed by atoms with Gasteiger partial charge in [0.1, 0.15) is 6.61 Å².